The molecule has 0 aliphatic carbocycles. The van der Waals surface area contributed by atoms with Crippen molar-refractivity contribution >= 4 is 63.5 Å². The highest BCUT2D eigenvalue weighted by Crippen LogP contribution is 2.51. The van der Waals surface area contributed by atoms with Crippen LogP contribution in [0.4, 0.5) is 11.4 Å². The molecule has 2 aliphatic rings. The van der Waals surface area contributed by atoms with E-state index in [0.29, 0.717) is 126 Å². The fourth-order valence-electron chi connectivity index (χ4n) is 8.84. The van der Waals surface area contributed by atoms with Gasteiger partial charge in [0.15, 0.2) is 5.71 Å². The van der Waals surface area contributed by atoms with Crippen LogP contribution >= 0.6 is 0 Å². The minimum absolute atomic E-state index is 0.0129. The summed E-state index contributed by atoms with van der Waals surface area (Å²) in [6.45, 7) is 9.94. The Balaban J connectivity index is 1.39. The number of carbonyl (C=O) groups excluding carboxylic acids is 1. The van der Waals surface area contributed by atoms with Crippen LogP contribution in [0.15, 0.2) is 87.4 Å². The number of anilines is 1. The molecule has 424 valence electrons. The van der Waals surface area contributed by atoms with E-state index in [1.807, 2.05) is 25.7 Å². The zero-order valence-electron chi connectivity index (χ0n) is 42.9. The maximum Gasteiger partial charge on any atom is 0.294 e. The Bertz CT molecular complexity index is 2920. The van der Waals surface area contributed by atoms with Gasteiger partial charge in [0.2, 0.25) is 11.6 Å². The molecule has 0 aromatic heterocycles. The molecule has 0 bridgehead atoms. The van der Waals surface area contributed by atoms with E-state index in [1.165, 1.54) is 36.4 Å². The number of nitrogens with zero attached hydrogens (tertiary/aromatic N) is 5. The maximum absolute atomic E-state index is 12.7. The third kappa shape index (κ3) is 20.6. The summed E-state index contributed by atoms with van der Waals surface area (Å²) in [5, 5.41) is 6.20. The largest absolute Gasteiger partial charge is 0.744 e. The predicted molar refractivity (Wildman–Crippen MR) is 281 cm³/mol. The molecule has 2 heterocycles. The van der Waals surface area contributed by atoms with Crippen LogP contribution in [0.2, 0.25) is 0 Å². The lowest BCUT2D eigenvalue weighted by Crippen LogP contribution is -2.30. The highest BCUT2D eigenvalue weighted by atomic mass is 32.2. The summed E-state index contributed by atoms with van der Waals surface area (Å²) in [6.07, 6.45) is 11.0. The maximum atomic E-state index is 12.7. The molecule has 0 saturated heterocycles. The van der Waals surface area contributed by atoms with Crippen LogP contribution in [0.25, 0.3) is 10.4 Å². The molecule has 4 rings (SSSR count). The van der Waals surface area contributed by atoms with Crippen molar-refractivity contribution in [2.75, 3.05) is 109 Å². The van der Waals surface area contributed by atoms with Gasteiger partial charge in [-0.15, -0.1) is 0 Å². The summed E-state index contributed by atoms with van der Waals surface area (Å²) in [5.41, 5.74) is 9.84. The molecular formula is C48H70N6O18S4. The van der Waals surface area contributed by atoms with Gasteiger partial charge in [0.1, 0.15) is 16.7 Å². The third-order valence-corrected chi connectivity index (χ3v) is 15.8. The molecule has 2 aliphatic heterocycles. The lowest BCUT2D eigenvalue weighted by atomic mass is 9.77. The van der Waals surface area contributed by atoms with Crippen molar-refractivity contribution in [3.8, 4) is 0 Å². The number of azide groups is 1. The minimum atomic E-state index is -4.89. The Morgan fingerprint density at radius 2 is 1.32 bits per heavy atom. The van der Waals surface area contributed by atoms with Gasteiger partial charge < -0.3 is 38.5 Å². The normalized spacial score (nSPS) is 17.2. The molecule has 1 unspecified atom stereocenters. The van der Waals surface area contributed by atoms with E-state index < -0.39 is 67.7 Å². The molecule has 0 radical (unpaired) electrons. The molecule has 0 spiro atoms. The number of benzene rings is 2. The van der Waals surface area contributed by atoms with Gasteiger partial charge in [-0.3, -0.25) is 18.5 Å². The zero-order chi connectivity index (χ0) is 56.0. The average molecular weight is 1150 g/mol. The van der Waals surface area contributed by atoms with Crippen molar-refractivity contribution in [1.29, 1.82) is 0 Å². The molecule has 0 fully saturated rings. The van der Waals surface area contributed by atoms with Gasteiger partial charge in [0, 0.05) is 71.9 Å². The second-order valence-corrected chi connectivity index (χ2v) is 24.4. The van der Waals surface area contributed by atoms with Gasteiger partial charge in [0.05, 0.1) is 92.8 Å². The number of amides is 1. The highest BCUT2D eigenvalue weighted by Gasteiger charge is 2.45. The van der Waals surface area contributed by atoms with Crippen molar-refractivity contribution in [2.45, 2.75) is 86.3 Å². The molecule has 76 heavy (non-hydrogen) atoms. The molecule has 24 nitrogen and oxygen atoms in total. The molecule has 1 atom stereocenters. The Kier molecular flexibility index (Phi) is 25.1. The molecule has 4 N–H and O–H groups in total. The molecule has 2 aromatic carbocycles. The smallest absolute Gasteiger partial charge is 0.294 e. The van der Waals surface area contributed by atoms with Gasteiger partial charge in [0.25, 0.3) is 30.4 Å². The first kappa shape index (κ1) is 63.9. The van der Waals surface area contributed by atoms with Gasteiger partial charge in [-0.05, 0) is 87.5 Å². The summed E-state index contributed by atoms with van der Waals surface area (Å²) in [5.74, 6) is -1.25. The van der Waals surface area contributed by atoms with Crippen LogP contribution in [-0.4, -0.2) is 172 Å². The van der Waals surface area contributed by atoms with E-state index in [1.54, 1.807) is 35.0 Å². The Morgan fingerprint density at radius 1 is 0.737 bits per heavy atom. The summed E-state index contributed by atoms with van der Waals surface area (Å²) < 4.78 is 166. The summed E-state index contributed by atoms with van der Waals surface area (Å²) in [6, 6.07) is 8.11. The van der Waals surface area contributed by atoms with Gasteiger partial charge in [-0.2, -0.15) is 29.8 Å². The summed E-state index contributed by atoms with van der Waals surface area (Å²) in [4.78, 5) is 16.4. The number of carbonyl (C=O) groups is 1. The number of ether oxygens (including phenoxy) is 5. The summed E-state index contributed by atoms with van der Waals surface area (Å²) in [7, 11) is -18.1. The third-order valence-electron chi connectivity index (χ3n) is 12.5. The lowest BCUT2D eigenvalue weighted by molar-refractivity contribution is -0.437. The minimum Gasteiger partial charge on any atom is -0.744 e. The van der Waals surface area contributed by atoms with Crippen LogP contribution in [0, 0.1) is 0 Å². The van der Waals surface area contributed by atoms with Crippen LogP contribution in [0.5, 0.6) is 0 Å². The molecule has 0 saturated carbocycles. The van der Waals surface area contributed by atoms with Crippen molar-refractivity contribution in [2.24, 2.45) is 5.11 Å². The number of rotatable bonds is 37. The first-order valence-electron chi connectivity index (χ1n) is 24.6. The SMILES string of the molecule is CC1(C)C(/C=C/C=C/C=C2/N(CCCS(=O)(=O)O)c3ccc(S(=O)(=O)[O-])cc3C2(C)CCCCCC(=O)NCCOCCOCCOCCOCCOCCN=[N+]=[N-])=[N+](CCCS(=O)(=O)O)c2ccc(S(=O)(=O)O)cc21. The van der Waals surface area contributed by atoms with E-state index in [-0.39, 0.29) is 56.3 Å². The van der Waals surface area contributed by atoms with E-state index in [4.69, 9.17) is 29.2 Å². The number of allylic oxidation sites excluding steroid dienone is 6. The second-order valence-electron chi connectivity index (χ2n) is 18.4. The fourth-order valence-corrected chi connectivity index (χ4v) is 10.8. The van der Waals surface area contributed by atoms with E-state index in [2.05, 4.69) is 15.3 Å². The monoisotopic (exact) mass is 1150 g/mol. The van der Waals surface area contributed by atoms with Gasteiger partial charge in [-0.1, -0.05) is 36.2 Å². The number of nitrogens with one attached hydrogen (secondary N) is 1. The molecule has 1 amide bonds. The van der Waals surface area contributed by atoms with Crippen molar-refractivity contribution in [1.82, 2.24) is 5.32 Å². The number of fused-ring (bicyclic) bond motifs is 2. The molecular weight excluding hydrogens is 1080 g/mol. The topological polar surface area (TPSA) is 351 Å². The van der Waals surface area contributed by atoms with Gasteiger partial charge in [-0.25, -0.2) is 8.42 Å². The zero-order valence-corrected chi connectivity index (χ0v) is 46.2. The van der Waals surface area contributed by atoms with Crippen molar-refractivity contribution in [3.63, 3.8) is 0 Å². The van der Waals surface area contributed by atoms with Crippen molar-refractivity contribution < 1.29 is 84.9 Å². The first-order chi connectivity index (χ1) is 35.8. The van der Waals surface area contributed by atoms with E-state index in [0.717, 1.165) is 0 Å². The molecule has 28 heteroatoms. The predicted octanol–water partition coefficient (Wildman–Crippen LogP) is 5.00. The first-order valence-corrected chi connectivity index (χ1v) is 30.6. The summed E-state index contributed by atoms with van der Waals surface area (Å²) >= 11 is 0. The average Bonchev–Trinajstić information content (AvgIpc) is 3.68. The standard InChI is InChI=1S/C48H70N6O18S4/c1-47(2)40-36-38(75(62,63)64)15-17-42(40)53(22-10-34-73(56,57)58)44(47)12-6-4-7-13-45-48(3,41-37-39(76(65,66)67)16-18-43(41)54(45)23-11-35-74(59,60)61)19-9-5-8-14-46(55)50-20-24-68-26-28-70-30-32-72-33-31-71-29-27-69-25-21-51-52-49/h4,6-7,12-13,15-18,36-37H,5,8-11,14,19-35H2,1-3H3,(H4-,50,55,56,57,58,59,60,61,62,63,64,65,66,67). The molecule has 2 aromatic rings. The van der Waals surface area contributed by atoms with Crippen LogP contribution in [-0.2, 0) is 79.8 Å². The quantitative estimate of drug-likeness (QED) is 0.0131. The van der Waals surface area contributed by atoms with Crippen LogP contribution < -0.4 is 10.2 Å². The van der Waals surface area contributed by atoms with Gasteiger partial charge >= 0.3 is 0 Å². The Hall–Kier alpha value is -4.65. The van der Waals surface area contributed by atoms with Crippen LogP contribution in [0.3, 0.4) is 0 Å². The number of unbranched alkanes of at least 4 members (excludes halogenated alkanes) is 2. The fraction of sp³-hybridized carbons (Fsp3) is 0.583. The Labute approximate surface area is 445 Å². The van der Waals surface area contributed by atoms with Crippen molar-refractivity contribution in [3.05, 3.63) is 94.0 Å². The number of hydrogen-bond acceptors (Lipinski definition) is 17. The highest BCUT2D eigenvalue weighted by molar-refractivity contribution is 7.86. The second kappa shape index (κ2) is 29.9. The van der Waals surface area contributed by atoms with E-state index in [9.17, 15) is 56.7 Å². The van der Waals surface area contributed by atoms with E-state index >= 15 is 0 Å². The lowest BCUT2D eigenvalue weighted by Gasteiger charge is -2.30. The number of hydrogen-bond donors (Lipinski definition) is 4. The Morgan fingerprint density at radius 3 is 1.91 bits per heavy atom. The van der Waals surface area contributed by atoms with Crippen LogP contribution in [0.1, 0.15) is 76.8 Å².